The molecule has 4 rings (SSSR count). The molecule has 2 heterocycles. The Hall–Kier alpha value is -3.12. The van der Waals surface area contributed by atoms with Gasteiger partial charge in [0.25, 0.3) is 0 Å². The van der Waals surface area contributed by atoms with Gasteiger partial charge in [-0.2, -0.15) is 0 Å². The Bertz CT molecular complexity index is 988. The number of aromatic amines is 1. The fraction of sp³-hybridized carbons (Fsp3) is 0.158. The predicted octanol–water partition coefficient (Wildman–Crippen LogP) is 3.11. The van der Waals surface area contributed by atoms with Crippen LogP contribution < -0.4 is 0 Å². The summed E-state index contributed by atoms with van der Waals surface area (Å²) < 4.78 is 0. The van der Waals surface area contributed by atoms with Gasteiger partial charge in [0.15, 0.2) is 5.88 Å². The Morgan fingerprint density at radius 1 is 1.08 bits per heavy atom. The van der Waals surface area contributed by atoms with Crippen molar-refractivity contribution in [3.8, 4) is 5.88 Å². The number of hydrogen-bond acceptors (Lipinski definition) is 5. The third kappa shape index (κ3) is 2.66. The van der Waals surface area contributed by atoms with E-state index in [1.807, 2.05) is 48.5 Å². The number of rotatable bonds is 5. The minimum Gasteiger partial charge on any atom is -0.494 e. The highest BCUT2D eigenvalue weighted by atomic mass is 16.6. The fourth-order valence-electron chi connectivity index (χ4n) is 2.95. The number of aliphatic hydroxyl groups is 1. The molecule has 1 aliphatic heterocycles. The van der Waals surface area contributed by atoms with Crippen LogP contribution in [0, 0.1) is 0 Å². The molecular formula is C19H17N3O3. The fourth-order valence-corrected chi connectivity index (χ4v) is 2.95. The largest absolute Gasteiger partial charge is 0.494 e. The molecule has 0 atom stereocenters. The first-order valence-corrected chi connectivity index (χ1v) is 8.09. The second kappa shape index (κ2) is 6.41. The molecule has 0 fully saturated rings. The first-order valence-electron chi connectivity index (χ1n) is 8.09. The van der Waals surface area contributed by atoms with Gasteiger partial charge >= 0.3 is 0 Å². The summed E-state index contributed by atoms with van der Waals surface area (Å²) >= 11 is 0. The van der Waals surface area contributed by atoms with Gasteiger partial charge in [-0.05, 0) is 12.1 Å². The number of aliphatic imine (C=N–C) groups is 1. The SMILES string of the molecule is OCCCO/N=C1/C(c2c(O)[nH]c3ccccc23)=Nc2ccccc21. The van der Waals surface area contributed by atoms with Gasteiger partial charge in [0.1, 0.15) is 18.0 Å². The second-order valence-electron chi connectivity index (χ2n) is 5.72. The summed E-state index contributed by atoms with van der Waals surface area (Å²) in [6.45, 7) is 0.362. The number of nitrogens with zero attached hydrogens (tertiary/aromatic N) is 2. The molecule has 0 aliphatic carbocycles. The van der Waals surface area contributed by atoms with Gasteiger partial charge in [-0.25, -0.2) is 4.99 Å². The van der Waals surface area contributed by atoms with Crippen molar-refractivity contribution in [1.29, 1.82) is 0 Å². The lowest BCUT2D eigenvalue weighted by atomic mass is 10.0. The highest BCUT2D eigenvalue weighted by Gasteiger charge is 2.28. The minimum absolute atomic E-state index is 0.0472. The molecule has 0 radical (unpaired) electrons. The van der Waals surface area contributed by atoms with Gasteiger partial charge in [0.05, 0.1) is 11.3 Å². The van der Waals surface area contributed by atoms with Crippen LogP contribution in [0.4, 0.5) is 5.69 Å². The van der Waals surface area contributed by atoms with Crippen molar-refractivity contribution in [2.45, 2.75) is 6.42 Å². The lowest BCUT2D eigenvalue weighted by molar-refractivity contribution is 0.124. The molecule has 6 heteroatoms. The number of oxime groups is 1. The van der Waals surface area contributed by atoms with E-state index in [0.29, 0.717) is 30.0 Å². The van der Waals surface area contributed by atoms with Gasteiger partial charge in [-0.15, -0.1) is 0 Å². The van der Waals surface area contributed by atoms with Gasteiger partial charge in [0.2, 0.25) is 0 Å². The summed E-state index contributed by atoms with van der Waals surface area (Å²) in [5.41, 5.74) is 4.22. The number of benzene rings is 2. The third-order valence-corrected chi connectivity index (χ3v) is 4.09. The van der Waals surface area contributed by atoms with E-state index in [4.69, 9.17) is 9.94 Å². The summed E-state index contributed by atoms with van der Waals surface area (Å²) in [5.74, 6) is 0.0517. The third-order valence-electron chi connectivity index (χ3n) is 4.09. The molecule has 0 amide bonds. The Kier molecular flexibility index (Phi) is 3.95. The maximum atomic E-state index is 10.4. The second-order valence-corrected chi connectivity index (χ2v) is 5.72. The average molecular weight is 335 g/mol. The molecular weight excluding hydrogens is 318 g/mol. The van der Waals surface area contributed by atoms with E-state index in [0.717, 1.165) is 22.2 Å². The quantitative estimate of drug-likeness (QED) is 0.494. The molecule has 126 valence electrons. The number of H-pyrrole nitrogens is 1. The smallest absolute Gasteiger partial charge is 0.199 e. The molecule has 0 saturated carbocycles. The zero-order chi connectivity index (χ0) is 17.2. The normalized spacial score (nSPS) is 14.8. The molecule has 1 aromatic heterocycles. The Morgan fingerprint density at radius 3 is 2.76 bits per heavy atom. The maximum absolute atomic E-state index is 10.4. The number of aliphatic hydroxyl groups excluding tert-OH is 1. The molecule has 0 saturated heterocycles. The molecule has 6 nitrogen and oxygen atoms in total. The van der Waals surface area contributed by atoms with E-state index in [-0.39, 0.29) is 12.5 Å². The highest BCUT2D eigenvalue weighted by molar-refractivity contribution is 6.58. The first-order chi connectivity index (χ1) is 12.3. The van der Waals surface area contributed by atoms with E-state index in [1.165, 1.54) is 0 Å². The summed E-state index contributed by atoms with van der Waals surface area (Å²) in [5, 5.41) is 24.4. The summed E-state index contributed by atoms with van der Waals surface area (Å²) in [6.07, 6.45) is 0.503. The van der Waals surface area contributed by atoms with Gasteiger partial charge in [0, 0.05) is 29.5 Å². The molecule has 0 unspecified atom stereocenters. The van der Waals surface area contributed by atoms with Crippen molar-refractivity contribution < 1.29 is 15.1 Å². The molecule has 1 aliphatic rings. The molecule has 25 heavy (non-hydrogen) atoms. The summed E-state index contributed by atoms with van der Waals surface area (Å²) in [6, 6.07) is 15.3. The van der Waals surface area contributed by atoms with Crippen LogP contribution in [0.15, 0.2) is 58.7 Å². The first kappa shape index (κ1) is 15.4. The zero-order valence-electron chi connectivity index (χ0n) is 13.4. The standard InChI is InChI=1S/C19H17N3O3/c23-10-5-11-25-22-17-13-7-2-4-9-15(13)20-18(17)16-12-6-1-3-8-14(12)21-19(16)24/h1-4,6-9,21,23-24H,5,10-11H2/b22-17+. The highest BCUT2D eigenvalue weighted by Crippen LogP contribution is 2.35. The number of hydrogen-bond donors (Lipinski definition) is 3. The molecule has 0 bridgehead atoms. The predicted molar refractivity (Wildman–Crippen MR) is 96.8 cm³/mol. The van der Waals surface area contributed by atoms with Crippen LogP contribution in [0.5, 0.6) is 5.88 Å². The van der Waals surface area contributed by atoms with Gasteiger partial charge in [-0.1, -0.05) is 41.6 Å². The number of para-hydroxylation sites is 2. The van der Waals surface area contributed by atoms with E-state index in [1.54, 1.807) is 0 Å². The number of aromatic nitrogens is 1. The average Bonchev–Trinajstić information content (AvgIpc) is 3.15. The van der Waals surface area contributed by atoms with Crippen LogP contribution in [0.1, 0.15) is 17.5 Å². The number of fused-ring (bicyclic) bond motifs is 2. The van der Waals surface area contributed by atoms with Gasteiger partial charge < -0.3 is 20.0 Å². The Morgan fingerprint density at radius 2 is 1.88 bits per heavy atom. The van der Waals surface area contributed by atoms with Crippen molar-refractivity contribution in [2.24, 2.45) is 10.1 Å². The van der Waals surface area contributed by atoms with Crippen molar-refractivity contribution >= 4 is 28.0 Å². The van der Waals surface area contributed by atoms with E-state index < -0.39 is 0 Å². The van der Waals surface area contributed by atoms with Crippen LogP contribution >= 0.6 is 0 Å². The lowest BCUT2D eigenvalue weighted by Gasteiger charge is -2.05. The molecule has 2 aromatic carbocycles. The van der Waals surface area contributed by atoms with Crippen molar-refractivity contribution in [2.75, 3.05) is 13.2 Å². The van der Waals surface area contributed by atoms with Gasteiger partial charge in [-0.3, -0.25) is 0 Å². The lowest BCUT2D eigenvalue weighted by Crippen LogP contribution is -2.13. The van der Waals surface area contributed by atoms with Crippen LogP contribution in [-0.4, -0.2) is 39.8 Å². The monoisotopic (exact) mass is 335 g/mol. The van der Waals surface area contributed by atoms with Crippen LogP contribution in [0.2, 0.25) is 0 Å². The maximum Gasteiger partial charge on any atom is 0.199 e. The summed E-state index contributed by atoms with van der Waals surface area (Å²) in [7, 11) is 0. The molecule has 0 spiro atoms. The van der Waals surface area contributed by atoms with Crippen LogP contribution in [0.25, 0.3) is 10.9 Å². The van der Waals surface area contributed by atoms with Crippen LogP contribution in [-0.2, 0) is 4.84 Å². The van der Waals surface area contributed by atoms with Crippen molar-refractivity contribution in [3.63, 3.8) is 0 Å². The molecule has 3 N–H and O–H groups in total. The van der Waals surface area contributed by atoms with E-state index >= 15 is 0 Å². The van der Waals surface area contributed by atoms with E-state index in [2.05, 4.69) is 15.1 Å². The van der Waals surface area contributed by atoms with Crippen molar-refractivity contribution in [1.82, 2.24) is 4.98 Å². The molecule has 3 aromatic rings. The summed E-state index contributed by atoms with van der Waals surface area (Å²) in [4.78, 5) is 13.0. The number of aromatic hydroxyl groups is 1. The Labute approximate surface area is 144 Å². The van der Waals surface area contributed by atoms with E-state index in [9.17, 15) is 5.11 Å². The van der Waals surface area contributed by atoms with Crippen LogP contribution in [0.3, 0.4) is 0 Å². The topological polar surface area (TPSA) is 90.2 Å². The number of nitrogens with one attached hydrogen (secondary N) is 1. The minimum atomic E-state index is 0.0472. The van der Waals surface area contributed by atoms with Crippen molar-refractivity contribution in [3.05, 3.63) is 59.7 Å². The zero-order valence-corrected chi connectivity index (χ0v) is 13.4. The Balaban J connectivity index is 1.83.